The Morgan fingerprint density at radius 2 is 1.66 bits per heavy atom. The van der Waals surface area contributed by atoms with E-state index >= 15 is 0 Å². The highest BCUT2D eigenvalue weighted by molar-refractivity contribution is 7.89. The number of hydrogen-bond acceptors (Lipinski definition) is 5. The molecule has 0 heterocycles. The molecule has 0 bridgehead atoms. The van der Waals surface area contributed by atoms with Crippen LogP contribution in [0.4, 0.5) is 0 Å². The van der Waals surface area contributed by atoms with Gasteiger partial charge in [-0.25, -0.2) is 8.42 Å². The third-order valence-corrected chi connectivity index (χ3v) is 6.00. The van der Waals surface area contributed by atoms with Gasteiger partial charge < -0.3 is 4.74 Å². The minimum Gasteiger partial charge on any atom is -0.453 e. The largest absolute Gasteiger partial charge is 0.453 e. The predicted molar refractivity (Wildman–Crippen MR) is 111 cm³/mol. The fourth-order valence-corrected chi connectivity index (χ4v) is 4.11. The Balaban J connectivity index is 2.14. The number of halogens is 1. The third kappa shape index (κ3) is 6.13. The van der Waals surface area contributed by atoms with Crippen LogP contribution in [-0.2, 0) is 19.6 Å². The van der Waals surface area contributed by atoms with Gasteiger partial charge in [0.1, 0.15) is 6.04 Å². The molecule has 8 heteroatoms. The van der Waals surface area contributed by atoms with Crippen molar-refractivity contribution in [2.24, 2.45) is 5.92 Å². The zero-order chi connectivity index (χ0) is 21.8. The van der Waals surface area contributed by atoms with Crippen LogP contribution < -0.4 is 4.72 Å². The van der Waals surface area contributed by atoms with Crippen LogP contribution in [0.2, 0.25) is 5.02 Å². The van der Waals surface area contributed by atoms with Crippen molar-refractivity contribution in [3.05, 3.63) is 64.7 Å². The average molecular weight is 438 g/mol. The van der Waals surface area contributed by atoms with Crippen molar-refractivity contribution in [1.29, 1.82) is 0 Å². The van der Waals surface area contributed by atoms with Gasteiger partial charge in [-0.3, -0.25) is 9.59 Å². The zero-order valence-corrected chi connectivity index (χ0v) is 18.3. The Hall–Kier alpha value is -2.22. The lowest BCUT2D eigenvalue weighted by Gasteiger charge is -2.23. The molecule has 2 aromatic carbocycles. The van der Waals surface area contributed by atoms with Crippen molar-refractivity contribution < 1.29 is 22.7 Å². The number of benzene rings is 2. The topological polar surface area (TPSA) is 89.5 Å². The quantitative estimate of drug-likeness (QED) is 0.501. The number of ether oxygens (including phenoxy) is 1. The summed E-state index contributed by atoms with van der Waals surface area (Å²) in [6.07, 6.45) is -1.09. The number of rotatable bonds is 8. The van der Waals surface area contributed by atoms with Gasteiger partial charge >= 0.3 is 5.97 Å². The standard InChI is InChI=1S/C21H24ClNO5S/c1-13(2)19(23-29(26,27)18-10-8-14(3)9-11-18)21(25)28-15(4)20(24)16-6-5-7-17(22)12-16/h5-13,15,19,23H,1-4H3/t15?,19-/m0/s1. The van der Waals surface area contributed by atoms with E-state index in [1.165, 1.54) is 25.1 Å². The molecular formula is C21H24ClNO5S. The van der Waals surface area contributed by atoms with Crippen LogP contribution in [0.3, 0.4) is 0 Å². The lowest BCUT2D eigenvalue weighted by Crippen LogP contribution is -2.46. The third-order valence-electron chi connectivity index (χ3n) is 4.31. The molecule has 2 aromatic rings. The molecule has 1 N–H and O–H groups in total. The predicted octanol–water partition coefficient (Wildman–Crippen LogP) is 3.77. The zero-order valence-electron chi connectivity index (χ0n) is 16.7. The van der Waals surface area contributed by atoms with Crippen molar-refractivity contribution in [3.63, 3.8) is 0 Å². The van der Waals surface area contributed by atoms with Crippen LogP contribution in [0.25, 0.3) is 0 Å². The highest BCUT2D eigenvalue weighted by Gasteiger charge is 2.32. The van der Waals surface area contributed by atoms with Crippen molar-refractivity contribution in [2.75, 3.05) is 0 Å². The molecule has 0 fully saturated rings. The fraction of sp³-hybridized carbons (Fsp3) is 0.333. The molecule has 2 atom stereocenters. The molecule has 0 aliphatic heterocycles. The Bertz CT molecular complexity index is 986. The van der Waals surface area contributed by atoms with E-state index in [0.717, 1.165) is 5.56 Å². The Kier molecular flexibility index (Phi) is 7.57. The summed E-state index contributed by atoms with van der Waals surface area (Å²) in [5, 5.41) is 0.389. The molecule has 0 amide bonds. The summed E-state index contributed by atoms with van der Waals surface area (Å²) in [4.78, 5) is 25.2. The first-order chi connectivity index (χ1) is 13.5. The van der Waals surface area contributed by atoms with E-state index in [-0.39, 0.29) is 4.90 Å². The fourth-order valence-electron chi connectivity index (χ4n) is 2.59. The lowest BCUT2D eigenvalue weighted by atomic mass is 10.1. The summed E-state index contributed by atoms with van der Waals surface area (Å²) in [6, 6.07) is 11.4. The number of esters is 1. The summed E-state index contributed by atoms with van der Waals surface area (Å²) in [7, 11) is -3.93. The highest BCUT2D eigenvalue weighted by atomic mass is 35.5. The molecule has 0 saturated heterocycles. The molecule has 6 nitrogen and oxygen atoms in total. The van der Waals surface area contributed by atoms with Gasteiger partial charge in [-0.15, -0.1) is 0 Å². The van der Waals surface area contributed by atoms with Crippen molar-refractivity contribution in [1.82, 2.24) is 4.72 Å². The molecule has 0 spiro atoms. The first-order valence-electron chi connectivity index (χ1n) is 9.10. The number of nitrogens with one attached hydrogen (secondary N) is 1. The van der Waals surface area contributed by atoms with E-state index in [0.29, 0.717) is 10.6 Å². The average Bonchev–Trinajstić information content (AvgIpc) is 2.65. The van der Waals surface area contributed by atoms with Crippen molar-refractivity contribution in [3.8, 4) is 0 Å². The number of Topliss-reactive ketones (excluding diaryl/α,β-unsaturated/α-hetero) is 1. The van der Waals surface area contributed by atoms with Crippen LogP contribution in [0.15, 0.2) is 53.4 Å². The first-order valence-corrected chi connectivity index (χ1v) is 11.0. The van der Waals surface area contributed by atoms with E-state index in [1.807, 2.05) is 6.92 Å². The summed E-state index contributed by atoms with van der Waals surface area (Å²) < 4.78 is 32.9. The minimum absolute atomic E-state index is 0.0459. The Morgan fingerprint density at radius 1 is 1.03 bits per heavy atom. The summed E-state index contributed by atoms with van der Waals surface area (Å²) in [5.41, 5.74) is 1.22. The molecule has 0 aliphatic rings. The summed E-state index contributed by atoms with van der Waals surface area (Å²) >= 11 is 5.90. The smallest absolute Gasteiger partial charge is 0.325 e. The van der Waals surface area contributed by atoms with Crippen LogP contribution in [0.1, 0.15) is 36.7 Å². The van der Waals surface area contributed by atoms with Gasteiger partial charge in [-0.05, 0) is 44.0 Å². The molecule has 0 saturated carbocycles. The molecule has 29 heavy (non-hydrogen) atoms. The SMILES string of the molecule is Cc1ccc(S(=O)(=O)N[C@H](C(=O)OC(C)C(=O)c2cccc(Cl)c2)C(C)C)cc1. The number of hydrogen-bond donors (Lipinski definition) is 1. The van der Waals surface area contributed by atoms with Gasteiger partial charge in [0.15, 0.2) is 6.10 Å². The highest BCUT2D eigenvalue weighted by Crippen LogP contribution is 2.17. The van der Waals surface area contributed by atoms with E-state index in [2.05, 4.69) is 4.72 Å². The lowest BCUT2D eigenvalue weighted by molar-refractivity contribution is -0.149. The van der Waals surface area contributed by atoms with E-state index in [9.17, 15) is 18.0 Å². The van der Waals surface area contributed by atoms with E-state index < -0.39 is 39.8 Å². The van der Waals surface area contributed by atoms with Crippen molar-refractivity contribution >= 4 is 33.4 Å². The maximum atomic E-state index is 12.6. The molecular weight excluding hydrogens is 414 g/mol. The first kappa shape index (κ1) is 23.1. The monoisotopic (exact) mass is 437 g/mol. The van der Waals surface area contributed by atoms with E-state index in [4.69, 9.17) is 16.3 Å². The summed E-state index contributed by atoms with van der Waals surface area (Å²) in [5.74, 6) is -1.64. The van der Waals surface area contributed by atoms with Gasteiger partial charge in [0.25, 0.3) is 0 Å². The van der Waals surface area contributed by atoms with Gasteiger partial charge in [-0.2, -0.15) is 4.72 Å². The van der Waals surface area contributed by atoms with Crippen LogP contribution in [0.5, 0.6) is 0 Å². The second-order valence-corrected chi connectivity index (χ2v) is 9.26. The normalized spacial score (nSPS) is 13.7. The maximum Gasteiger partial charge on any atom is 0.325 e. The van der Waals surface area contributed by atoms with Crippen LogP contribution in [-0.4, -0.2) is 32.3 Å². The Labute approximate surface area is 176 Å². The second-order valence-electron chi connectivity index (χ2n) is 7.11. The maximum absolute atomic E-state index is 12.6. The minimum atomic E-state index is -3.93. The molecule has 156 valence electrons. The van der Waals surface area contributed by atoms with Gasteiger partial charge in [0.05, 0.1) is 4.90 Å². The number of ketones is 1. The van der Waals surface area contributed by atoms with Gasteiger partial charge in [0, 0.05) is 10.6 Å². The van der Waals surface area contributed by atoms with Crippen molar-refractivity contribution in [2.45, 2.75) is 44.7 Å². The van der Waals surface area contributed by atoms with Gasteiger partial charge in [-0.1, -0.05) is 55.3 Å². The number of aryl methyl sites for hydroxylation is 1. The molecule has 2 rings (SSSR count). The Morgan fingerprint density at radius 3 is 2.21 bits per heavy atom. The van der Waals surface area contributed by atoms with E-state index in [1.54, 1.807) is 44.2 Å². The summed E-state index contributed by atoms with van der Waals surface area (Å²) in [6.45, 7) is 6.66. The molecule has 1 unspecified atom stereocenters. The number of carbonyl (C=O) groups excluding carboxylic acids is 2. The molecule has 0 aromatic heterocycles. The number of sulfonamides is 1. The molecule has 0 aliphatic carbocycles. The number of carbonyl (C=O) groups is 2. The molecule has 0 radical (unpaired) electrons. The van der Waals surface area contributed by atoms with Crippen LogP contribution in [0, 0.1) is 12.8 Å². The van der Waals surface area contributed by atoms with Gasteiger partial charge in [0.2, 0.25) is 15.8 Å². The van der Waals surface area contributed by atoms with Crippen LogP contribution >= 0.6 is 11.6 Å². The second kappa shape index (κ2) is 9.52.